The van der Waals surface area contributed by atoms with Gasteiger partial charge in [-0.3, -0.25) is 9.78 Å². The number of hydrogen-bond donors (Lipinski definition) is 1. The molecule has 0 unspecified atom stereocenters. The molecule has 0 fully saturated rings. The van der Waals surface area contributed by atoms with Gasteiger partial charge in [0.05, 0.1) is 16.8 Å². The number of carbonyl (C=O) groups is 1. The Morgan fingerprint density at radius 2 is 2.00 bits per heavy atom. The van der Waals surface area contributed by atoms with E-state index in [0.717, 1.165) is 43.4 Å². The van der Waals surface area contributed by atoms with Crippen LogP contribution in [0, 0.1) is 5.82 Å². The first-order valence-corrected chi connectivity index (χ1v) is 10.6. The van der Waals surface area contributed by atoms with E-state index in [9.17, 15) is 9.18 Å². The van der Waals surface area contributed by atoms with E-state index in [-0.39, 0.29) is 11.3 Å². The number of nitrogens with zero attached hydrogens (tertiary/aromatic N) is 4. The third-order valence-corrected chi connectivity index (χ3v) is 5.71. The zero-order valence-corrected chi connectivity index (χ0v) is 17.4. The summed E-state index contributed by atoms with van der Waals surface area (Å²) in [5.41, 5.74) is 1.55. The van der Waals surface area contributed by atoms with Gasteiger partial charge in [0.25, 0.3) is 5.91 Å². The number of nitrogens with one attached hydrogen (secondary N) is 1. The van der Waals surface area contributed by atoms with E-state index in [1.165, 1.54) is 12.1 Å². The molecular weight excluding hydrogens is 417 g/mol. The summed E-state index contributed by atoms with van der Waals surface area (Å²) in [5, 5.41) is 12.4. The summed E-state index contributed by atoms with van der Waals surface area (Å²) in [4.78, 5) is 17.3. The number of aromatic nitrogens is 4. The zero-order chi connectivity index (χ0) is 21.4. The predicted octanol–water partition coefficient (Wildman–Crippen LogP) is 5.26. The molecule has 0 saturated heterocycles. The second-order valence-electron chi connectivity index (χ2n) is 7.58. The van der Waals surface area contributed by atoms with Crippen LogP contribution in [0.15, 0.2) is 48.7 Å². The second kappa shape index (κ2) is 8.07. The number of amides is 1. The molecule has 1 N–H and O–H groups in total. The summed E-state index contributed by atoms with van der Waals surface area (Å²) < 4.78 is 16.7. The van der Waals surface area contributed by atoms with Crippen LogP contribution in [-0.4, -0.2) is 25.7 Å². The molecule has 8 heteroatoms. The Hall–Kier alpha value is -3.32. The Kier molecular flexibility index (Phi) is 5.11. The number of pyridine rings is 1. The molecule has 0 bridgehead atoms. The van der Waals surface area contributed by atoms with Crippen LogP contribution in [0.1, 0.15) is 35.4 Å². The smallest absolute Gasteiger partial charge is 0.258 e. The van der Waals surface area contributed by atoms with E-state index in [0.29, 0.717) is 21.9 Å². The first-order chi connectivity index (χ1) is 15.1. The van der Waals surface area contributed by atoms with Crippen molar-refractivity contribution in [2.45, 2.75) is 32.2 Å². The molecule has 2 aromatic heterocycles. The van der Waals surface area contributed by atoms with Gasteiger partial charge in [-0.15, -0.1) is 10.2 Å². The fraction of sp³-hybridized carbons (Fsp3) is 0.217. The molecule has 0 spiro atoms. The van der Waals surface area contributed by atoms with Crippen LogP contribution in [0.5, 0.6) is 0 Å². The summed E-state index contributed by atoms with van der Waals surface area (Å²) in [5.74, 6) is 0.607. The molecule has 2 aromatic carbocycles. The topological polar surface area (TPSA) is 72.7 Å². The van der Waals surface area contributed by atoms with Crippen LogP contribution in [0.4, 0.5) is 10.1 Å². The van der Waals surface area contributed by atoms with Crippen molar-refractivity contribution in [1.82, 2.24) is 19.7 Å². The number of carbonyl (C=O) groups excluding carboxylic acids is 1. The lowest BCUT2D eigenvalue weighted by Gasteiger charge is -2.11. The highest BCUT2D eigenvalue weighted by Crippen LogP contribution is 2.28. The molecular formula is C23H19ClFN5O. The highest BCUT2D eigenvalue weighted by atomic mass is 35.5. The minimum absolute atomic E-state index is 0.0672. The quantitative estimate of drug-likeness (QED) is 0.476. The zero-order valence-electron chi connectivity index (χ0n) is 16.6. The van der Waals surface area contributed by atoms with Crippen molar-refractivity contribution in [1.29, 1.82) is 0 Å². The first kappa shape index (κ1) is 19.6. The number of hydrogen-bond acceptors (Lipinski definition) is 4. The third-order valence-electron chi connectivity index (χ3n) is 5.50. The maximum atomic E-state index is 14.6. The van der Waals surface area contributed by atoms with Gasteiger partial charge in [-0.2, -0.15) is 0 Å². The van der Waals surface area contributed by atoms with Gasteiger partial charge in [0.1, 0.15) is 11.6 Å². The van der Waals surface area contributed by atoms with E-state index in [2.05, 4.69) is 25.1 Å². The van der Waals surface area contributed by atoms with Crippen LogP contribution < -0.4 is 5.32 Å². The van der Waals surface area contributed by atoms with Crippen LogP contribution in [0.2, 0.25) is 5.02 Å². The Bertz CT molecular complexity index is 1300. The molecule has 5 rings (SSSR count). The van der Waals surface area contributed by atoms with Crippen molar-refractivity contribution in [2.75, 3.05) is 5.32 Å². The normalized spacial score (nSPS) is 13.6. The van der Waals surface area contributed by atoms with Gasteiger partial charge in [-0.05, 0) is 49.2 Å². The lowest BCUT2D eigenvalue weighted by molar-refractivity contribution is 0.102. The number of rotatable bonds is 3. The number of halogens is 2. The van der Waals surface area contributed by atoms with Crippen molar-refractivity contribution in [3.8, 4) is 11.4 Å². The van der Waals surface area contributed by atoms with Gasteiger partial charge in [0.15, 0.2) is 5.82 Å². The van der Waals surface area contributed by atoms with Crippen LogP contribution >= 0.6 is 11.6 Å². The monoisotopic (exact) mass is 435 g/mol. The summed E-state index contributed by atoms with van der Waals surface area (Å²) >= 11 is 6.18. The summed E-state index contributed by atoms with van der Waals surface area (Å²) in [6.07, 6.45) is 5.77. The fourth-order valence-corrected chi connectivity index (χ4v) is 4.20. The molecule has 0 radical (unpaired) electrons. The van der Waals surface area contributed by atoms with E-state index in [1.54, 1.807) is 30.5 Å². The Balaban J connectivity index is 1.50. The highest BCUT2D eigenvalue weighted by Gasteiger charge is 2.19. The second-order valence-corrected chi connectivity index (χ2v) is 8.02. The molecule has 1 amide bonds. The maximum Gasteiger partial charge on any atom is 0.258 e. The fourth-order valence-electron chi connectivity index (χ4n) is 3.98. The van der Waals surface area contributed by atoms with Gasteiger partial charge >= 0.3 is 0 Å². The molecule has 1 aliphatic rings. The third kappa shape index (κ3) is 3.77. The largest absolute Gasteiger partial charge is 0.319 e. The van der Waals surface area contributed by atoms with Gasteiger partial charge in [-0.1, -0.05) is 24.1 Å². The Labute approximate surface area is 183 Å². The van der Waals surface area contributed by atoms with Crippen LogP contribution in [0.25, 0.3) is 22.3 Å². The van der Waals surface area contributed by atoms with Crippen molar-refractivity contribution < 1.29 is 9.18 Å². The molecule has 3 heterocycles. The Morgan fingerprint density at radius 3 is 2.90 bits per heavy atom. The SMILES string of the molecule is O=C(Nc1cc(-c2nnc3n2CCCCC3)ccc1F)c1cc(Cl)cc2cccnc12. The minimum atomic E-state index is -0.535. The molecule has 0 saturated carbocycles. The summed E-state index contributed by atoms with van der Waals surface area (Å²) in [6.45, 7) is 0.830. The lowest BCUT2D eigenvalue weighted by Crippen LogP contribution is -2.14. The van der Waals surface area contributed by atoms with E-state index >= 15 is 0 Å². The predicted molar refractivity (Wildman–Crippen MR) is 118 cm³/mol. The molecule has 0 atom stereocenters. The van der Waals surface area contributed by atoms with E-state index < -0.39 is 11.7 Å². The highest BCUT2D eigenvalue weighted by molar-refractivity contribution is 6.32. The number of fused-ring (bicyclic) bond motifs is 2. The van der Waals surface area contributed by atoms with Crippen molar-refractivity contribution in [3.05, 3.63) is 70.9 Å². The number of anilines is 1. The minimum Gasteiger partial charge on any atom is -0.319 e. The molecule has 4 aromatic rings. The van der Waals surface area contributed by atoms with Gasteiger partial charge < -0.3 is 9.88 Å². The van der Waals surface area contributed by atoms with E-state index in [1.807, 2.05) is 6.07 Å². The molecule has 156 valence electrons. The van der Waals surface area contributed by atoms with Gasteiger partial charge in [0, 0.05) is 35.1 Å². The summed E-state index contributed by atoms with van der Waals surface area (Å²) in [6, 6.07) is 11.4. The van der Waals surface area contributed by atoms with Crippen LogP contribution in [-0.2, 0) is 13.0 Å². The molecule has 0 aliphatic carbocycles. The molecule has 6 nitrogen and oxygen atoms in total. The van der Waals surface area contributed by atoms with Crippen molar-refractivity contribution in [3.63, 3.8) is 0 Å². The maximum absolute atomic E-state index is 14.6. The van der Waals surface area contributed by atoms with E-state index in [4.69, 9.17) is 11.6 Å². The standard InChI is InChI=1S/C23H19ClFN5O/c24-16-11-14-5-4-9-26-21(14)17(13-16)23(31)27-19-12-15(7-8-18(19)25)22-29-28-20-6-2-1-3-10-30(20)22/h4-5,7-9,11-13H,1-3,6,10H2,(H,27,31). The van der Waals surface area contributed by atoms with Crippen LogP contribution in [0.3, 0.4) is 0 Å². The van der Waals surface area contributed by atoms with Gasteiger partial charge in [-0.25, -0.2) is 4.39 Å². The average Bonchev–Trinajstić information content (AvgIpc) is 3.02. The summed E-state index contributed by atoms with van der Waals surface area (Å²) in [7, 11) is 0. The first-order valence-electron chi connectivity index (χ1n) is 10.2. The molecule has 1 aliphatic heterocycles. The average molecular weight is 436 g/mol. The van der Waals surface area contributed by atoms with Crippen molar-refractivity contribution >= 4 is 34.1 Å². The Morgan fingerprint density at radius 1 is 1.10 bits per heavy atom. The lowest BCUT2D eigenvalue weighted by atomic mass is 10.1. The van der Waals surface area contributed by atoms with Crippen molar-refractivity contribution in [2.24, 2.45) is 0 Å². The molecule has 31 heavy (non-hydrogen) atoms. The number of benzene rings is 2. The number of aryl methyl sites for hydroxylation is 1. The van der Waals surface area contributed by atoms with Gasteiger partial charge in [0.2, 0.25) is 0 Å².